The van der Waals surface area contributed by atoms with Crippen LogP contribution in [0.25, 0.3) is 0 Å². The van der Waals surface area contributed by atoms with Crippen LogP contribution < -0.4 is 9.44 Å². The fraction of sp³-hybridized carbons (Fsp3) is 1.00. The summed E-state index contributed by atoms with van der Waals surface area (Å²) in [6, 6.07) is 0. The van der Waals surface area contributed by atoms with E-state index in [1.807, 2.05) is 6.92 Å². The van der Waals surface area contributed by atoms with Gasteiger partial charge in [-0.25, -0.2) is 17.9 Å². The lowest BCUT2D eigenvalue weighted by Crippen LogP contribution is -2.37. The molecule has 2 N–H and O–H groups in total. The van der Waals surface area contributed by atoms with Gasteiger partial charge >= 0.3 is 0 Å². The summed E-state index contributed by atoms with van der Waals surface area (Å²) in [5, 5.41) is 0. The van der Waals surface area contributed by atoms with Gasteiger partial charge in [0.2, 0.25) is 0 Å². The molecule has 6 nitrogen and oxygen atoms in total. The highest BCUT2D eigenvalue weighted by Crippen LogP contribution is 2.22. The summed E-state index contributed by atoms with van der Waals surface area (Å²) in [5.41, 5.74) is 0. The second kappa shape index (κ2) is 6.83. The fourth-order valence-corrected chi connectivity index (χ4v) is 4.88. The van der Waals surface area contributed by atoms with Crippen molar-refractivity contribution in [3.63, 3.8) is 0 Å². The molecule has 108 valence electrons. The molecule has 1 atom stereocenters. The third-order valence-electron chi connectivity index (χ3n) is 2.95. The molecule has 0 saturated carbocycles. The van der Waals surface area contributed by atoms with Crippen molar-refractivity contribution in [2.45, 2.75) is 32.6 Å². The van der Waals surface area contributed by atoms with Crippen molar-refractivity contribution < 1.29 is 16.8 Å². The molecule has 0 aromatic rings. The Labute approximate surface area is 110 Å². The van der Waals surface area contributed by atoms with E-state index in [4.69, 9.17) is 0 Å². The van der Waals surface area contributed by atoms with Gasteiger partial charge in [0.05, 0.1) is 11.5 Å². The van der Waals surface area contributed by atoms with Crippen LogP contribution in [0.15, 0.2) is 0 Å². The second-order valence-corrected chi connectivity index (χ2v) is 8.52. The van der Waals surface area contributed by atoms with Gasteiger partial charge in [0.25, 0.3) is 10.2 Å². The molecule has 0 aliphatic carbocycles. The number of sulfone groups is 1. The minimum atomic E-state index is -3.38. The Morgan fingerprint density at radius 3 is 2.44 bits per heavy atom. The fourth-order valence-electron chi connectivity index (χ4n) is 1.98. The molecule has 18 heavy (non-hydrogen) atoms. The minimum absolute atomic E-state index is 0.197. The molecule has 0 spiro atoms. The summed E-state index contributed by atoms with van der Waals surface area (Å²) in [4.78, 5) is 0. The molecule has 1 aliphatic heterocycles. The van der Waals surface area contributed by atoms with Gasteiger partial charge in [-0.05, 0) is 31.6 Å². The van der Waals surface area contributed by atoms with Crippen LogP contribution in [-0.4, -0.2) is 41.4 Å². The van der Waals surface area contributed by atoms with Crippen molar-refractivity contribution in [2.24, 2.45) is 5.92 Å². The van der Waals surface area contributed by atoms with Crippen LogP contribution in [0.1, 0.15) is 32.6 Å². The maximum atomic E-state index is 11.4. The summed E-state index contributed by atoms with van der Waals surface area (Å²) in [6.45, 7) is 2.68. The van der Waals surface area contributed by atoms with Crippen molar-refractivity contribution in [1.82, 2.24) is 9.44 Å². The first-order valence-corrected chi connectivity index (χ1v) is 9.60. The van der Waals surface area contributed by atoms with Crippen LogP contribution in [-0.2, 0) is 20.0 Å². The molecule has 1 rings (SSSR count). The first-order valence-electron chi connectivity index (χ1n) is 6.29. The molecule has 8 heteroatoms. The van der Waals surface area contributed by atoms with Gasteiger partial charge in [-0.1, -0.05) is 6.92 Å². The van der Waals surface area contributed by atoms with E-state index in [1.165, 1.54) is 0 Å². The Morgan fingerprint density at radius 2 is 1.89 bits per heavy atom. The van der Waals surface area contributed by atoms with Crippen molar-refractivity contribution in [3.05, 3.63) is 0 Å². The van der Waals surface area contributed by atoms with E-state index in [-0.39, 0.29) is 17.4 Å². The Kier molecular flexibility index (Phi) is 6.03. The third-order valence-corrected chi connectivity index (χ3v) is 5.96. The molecule has 1 fully saturated rings. The normalized spacial score (nSPS) is 23.3. The van der Waals surface area contributed by atoms with Crippen molar-refractivity contribution >= 4 is 20.0 Å². The van der Waals surface area contributed by atoms with Crippen LogP contribution in [0.5, 0.6) is 0 Å². The molecule has 1 heterocycles. The van der Waals surface area contributed by atoms with Gasteiger partial charge < -0.3 is 0 Å². The first-order chi connectivity index (χ1) is 8.35. The van der Waals surface area contributed by atoms with E-state index in [1.54, 1.807) is 0 Å². The van der Waals surface area contributed by atoms with Crippen LogP contribution in [0.4, 0.5) is 0 Å². The molecule has 0 radical (unpaired) electrons. The van der Waals surface area contributed by atoms with Crippen LogP contribution >= 0.6 is 0 Å². The standard InChI is InChI=1S/C10H22N2O4S2/c1-2-6-11-18(15,16)12-7-3-4-10-5-8-17(13,14)9-10/h10-12H,2-9H2,1H3. The van der Waals surface area contributed by atoms with Crippen molar-refractivity contribution in [1.29, 1.82) is 0 Å². The Balaban J connectivity index is 2.16. The molecule has 0 aromatic carbocycles. The number of hydrogen-bond donors (Lipinski definition) is 2. The topological polar surface area (TPSA) is 92.3 Å². The summed E-state index contributed by atoms with van der Waals surface area (Å²) in [7, 11) is -6.20. The largest absolute Gasteiger partial charge is 0.276 e. The quantitative estimate of drug-likeness (QED) is 0.619. The molecule has 1 saturated heterocycles. The summed E-state index contributed by atoms with van der Waals surface area (Å²) < 4.78 is 50.1. The zero-order valence-corrected chi connectivity index (χ0v) is 12.3. The molecular formula is C10H22N2O4S2. The summed E-state index contributed by atoms with van der Waals surface area (Å²) >= 11 is 0. The van der Waals surface area contributed by atoms with Gasteiger partial charge in [-0.2, -0.15) is 8.42 Å². The smallest absolute Gasteiger partial charge is 0.229 e. The van der Waals surface area contributed by atoms with E-state index in [0.717, 1.165) is 12.8 Å². The second-order valence-electron chi connectivity index (χ2n) is 4.70. The SMILES string of the molecule is CCCNS(=O)(=O)NCCCC1CCS(=O)(=O)C1. The highest BCUT2D eigenvalue weighted by atomic mass is 32.2. The van der Waals surface area contributed by atoms with E-state index < -0.39 is 20.0 Å². The lowest BCUT2D eigenvalue weighted by atomic mass is 10.0. The Morgan fingerprint density at radius 1 is 1.22 bits per heavy atom. The van der Waals surface area contributed by atoms with Crippen molar-refractivity contribution in [2.75, 3.05) is 24.6 Å². The van der Waals surface area contributed by atoms with Gasteiger partial charge in [0.1, 0.15) is 0 Å². The monoisotopic (exact) mass is 298 g/mol. The first kappa shape index (κ1) is 15.9. The Bertz CT molecular complexity index is 444. The van der Waals surface area contributed by atoms with E-state index >= 15 is 0 Å². The zero-order chi connectivity index (χ0) is 13.6. The van der Waals surface area contributed by atoms with Gasteiger partial charge in [0, 0.05) is 13.1 Å². The number of nitrogens with one attached hydrogen (secondary N) is 2. The maximum absolute atomic E-state index is 11.4. The van der Waals surface area contributed by atoms with Gasteiger partial charge in [-0.3, -0.25) is 0 Å². The van der Waals surface area contributed by atoms with E-state index in [9.17, 15) is 16.8 Å². The predicted molar refractivity (Wildman–Crippen MR) is 71.2 cm³/mol. The van der Waals surface area contributed by atoms with E-state index in [0.29, 0.717) is 25.9 Å². The van der Waals surface area contributed by atoms with Crippen LogP contribution in [0, 0.1) is 5.92 Å². The molecule has 0 aromatic heterocycles. The lowest BCUT2D eigenvalue weighted by molar-refractivity contribution is 0.509. The Hall–Kier alpha value is -0.180. The highest BCUT2D eigenvalue weighted by molar-refractivity contribution is 7.91. The molecule has 1 aliphatic rings. The summed E-state index contributed by atoms with van der Waals surface area (Å²) in [5.74, 6) is 0.734. The number of hydrogen-bond acceptors (Lipinski definition) is 4. The highest BCUT2D eigenvalue weighted by Gasteiger charge is 2.27. The molecular weight excluding hydrogens is 276 g/mol. The molecule has 1 unspecified atom stereocenters. The molecule has 0 amide bonds. The average Bonchev–Trinajstić information content (AvgIpc) is 2.62. The zero-order valence-electron chi connectivity index (χ0n) is 10.7. The van der Waals surface area contributed by atoms with Gasteiger partial charge in [-0.15, -0.1) is 0 Å². The lowest BCUT2D eigenvalue weighted by Gasteiger charge is -2.09. The predicted octanol–water partition coefficient (Wildman–Crippen LogP) is 0.0353. The maximum Gasteiger partial charge on any atom is 0.276 e. The minimum Gasteiger partial charge on any atom is -0.229 e. The van der Waals surface area contributed by atoms with Crippen molar-refractivity contribution in [3.8, 4) is 0 Å². The van der Waals surface area contributed by atoms with Crippen LogP contribution in [0.2, 0.25) is 0 Å². The average molecular weight is 298 g/mol. The number of rotatable bonds is 8. The molecule has 0 bridgehead atoms. The van der Waals surface area contributed by atoms with Gasteiger partial charge in [0.15, 0.2) is 9.84 Å². The summed E-state index contributed by atoms with van der Waals surface area (Å²) in [6.07, 6.45) is 2.90. The third kappa shape index (κ3) is 6.12. The van der Waals surface area contributed by atoms with E-state index in [2.05, 4.69) is 9.44 Å². The van der Waals surface area contributed by atoms with Crippen LogP contribution in [0.3, 0.4) is 0 Å².